The molecular weight excluding hydrogens is 319 g/mol. The lowest BCUT2D eigenvalue weighted by Gasteiger charge is -2.32. The fourth-order valence-electron chi connectivity index (χ4n) is 3.20. The van der Waals surface area contributed by atoms with Crippen LogP contribution in [-0.4, -0.2) is 60.4 Å². The Morgan fingerprint density at radius 3 is 2.40 bits per heavy atom. The molecule has 2 fully saturated rings. The van der Waals surface area contributed by atoms with Crippen molar-refractivity contribution in [3.63, 3.8) is 0 Å². The zero-order valence-corrected chi connectivity index (χ0v) is 15.7. The molecule has 2 aliphatic heterocycles. The minimum absolute atomic E-state index is 0.0696. The van der Waals surface area contributed by atoms with Crippen LogP contribution in [0.15, 0.2) is 18.3 Å². The molecule has 0 N–H and O–H groups in total. The number of rotatable bonds is 3. The summed E-state index contributed by atoms with van der Waals surface area (Å²) < 4.78 is 17.6. The third-order valence-corrected chi connectivity index (χ3v) is 5.61. The smallest absolute Gasteiger partial charge is 0.399 e. The highest BCUT2D eigenvalue weighted by molar-refractivity contribution is 6.63. The van der Waals surface area contributed by atoms with Crippen molar-refractivity contribution in [3.05, 3.63) is 24.0 Å². The molecule has 0 atom stereocenters. The number of likely N-dealkylation sites (tertiary alicyclic amines) is 1. The number of ether oxygens (including phenoxy) is 1. The highest BCUT2D eigenvalue weighted by Crippen LogP contribution is 2.36. The molecule has 3 heterocycles. The van der Waals surface area contributed by atoms with Gasteiger partial charge in [-0.05, 0) is 46.6 Å². The van der Waals surface area contributed by atoms with Crippen molar-refractivity contribution in [2.45, 2.75) is 57.8 Å². The summed E-state index contributed by atoms with van der Waals surface area (Å²) in [6.07, 6.45) is 3.57. The third kappa shape index (κ3) is 3.45. The van der Waals surface area contributed by atoms with E-state index in [1.807, 2.05) is 44.7 Å². The number of carbonyl (C=O) groups excluding carboxylic acids is 1. The predicted molar refractivity (Wildman–Crippen MR) is 95.9 cm³/mol. The second kappa shape index (κ2) is 6.70. The topological polar surface area (TPSA) is 60.9 Å². The highest BCUT2D eigenvalue weighted by atomic mass is 16.7. The summed E-state index contributed by atoms with van der Waals surface area (Å²) in [7, 11) is 1.13. The third-order valence-electron chi connectivity index (χ3n) is 5.61. The Morgan fingerprint density at radius 1 is 1.24 bits per heavy atom. The van der Waals surface area contributed by atoms with Crippen molar-refractivity contribution in [1.82, 2.24) is 9.88 Å². The van der Waals surface area contributed by atoms with E-state index in [4.69, 9.17) is 14.0 Å². The van der Waals surface area contributed by atoms with E-state index in [2.05, 4.69) is 4.98 Å². The molecule has 0 unspecified atom stereocenters. The highest BCUT2D eigenvalue weighted by Gasteiger charge is 2.52. The number of hydrogen-bond acceptors (Lipinski definition) is 5. The molecule has 0 spiro atoms. The van der Waals surface area contributed by atoms with Crippen molar-refractivity contribution in [2.24, 2.45) is 0 Å². The first-order valence-corrected chi connectivity index (χ1v) is 8.88. The first-order chi connectivity index (χ1) is 11.7. The number of hydrogen-bond donors (Lipinski definition) is 0. The second-order valence-electron chi connectivity index (χ2n) is 7.76. The molecule has 6 nitrogen and oxygen atoms in total. The molecule has 0 radical (unpaired) electrons. The number of pyridine rings is 1. The van der Waals surface area contributed by atoms with Gasteiger partial charge >= 0.3 is 7.12 Å². The zero-order chi connectivity index (χ0) is 18.2. The summed E-state index contributed by atoms with van der Waals surface area (Å²) >= 11 is 0. The Balaban J connectivity index is 1.81. The van der Waals surface area contributed by atoms with Crippen LogP contribution in [0.5, 0.6) is 0 Å². The van der Waals surface area contributed by atoms with Crippen LogP contribution in [0.3, 0.4) is 0 Å². The average Bonchev–Trinajstić information content (AvgIpc) is 2.82. The van der Waals surface area contributed by atoms with Gasteiger partial charge < -0.3 is 18.9 Å². The molecule has 0 bridgehead atoms. The molecule has 0 aromatic carbocycles. The molecular formula is C18H27BN2O4. The van der Waals surface area contributed by atoms with Gasteiger partial charge in [-0.2, -0.15) is 0 Å². The summed E-state index contributed by atoms with van der Waals surface area (Å²) in [5.41, 5.74) is 0.201. The largest absolute Gasteiger partial charge is 0.497 e. The van der Waals surface area contributed by atoms with Crippen molar-refractivity contribution >= 4 is 18.5 Å². The predicted octanol–water partition coefficient (Wildman–Crippen LogP) is 1.63. The van der Waals surface area contributed by atoms with Crippen molar-refractivity contribution in [1.29, 1.82) is 0 Å². The van der Waals surface area contributed by atoms with Crippen LogP contribution in [0.1, 0.15) is 51.0 Å². The average molecular weight is 346 g/mol. The molecule has 1 aromatic heterocycles. The van der Waals surface area contributed by atoms with Crippen LogP contribution < -0.4 is 5.46 Å². The summed E-state index contributed by atoms with van der Waals surface area (Å²) in [5, 5.41) is 0. The van der Waals surface area contributed by atoms with E-state index in [0.717, 1.165) is 12.8 Å². The Labute approximate surface area is 150 Å². The lowest BCUT2D eigenvalue weighted by molar-refractivity contribution is 0.00578. The van der Waals surface area contributed by atoms with Crippen LogP contribution in [-0.2, 0) is 14.0 Å². The van der Waals surface area contributed by atoms with E-state index in [9.17, 15) is 4.79 Å². The quantitative estimate of drug-likeness (QED) is 0.779. The fraction of sp³-hybridized carbons (Fsp3) is 0.667. The summed E-state index contributed by atoms with van der Waals surface area (Å²) in [4.78, 5) is 19.2. The normalized spacial score (nSPS) is 23.1. The Morgan fingerprint density at radius 2 is 1.84 bits per heavy atom. The van der Waals surface area contributed by atoms with Crippen LogP contribution >= 0.6 is 0 Å². The van der Waals surface area contributed by atoms with Crippen LogP contribution in [0.4, 0.5) is 0 Å². The summed E-state index contributed by atoms with van der Waals surface area (Å²) in [5.74, 6) is -0.0696. The number of nitrogens with zero attached hydrogens (tertiary/aromatic N) is 2. The molecule has 3 rings (SSSR count). The molecule has 1 aromatic rings. The number of carbonyl (C=O) groups is 1. The van der Waals surface area contributed by atoms with E-state index in [-0.39, 0.29) is 12.0 Å². The monoisotopic (exact) mass is 346 g/mol. The van der Waals surface area contributed by atoms with Crippen LogP contribution in [0, 0.1) is 0 Å². The number of methoxy groups -OCH3 is 1. The van der Waals surface area contributed by atoms with E-state index >= 15 is 0 Å². The Kier molecular flexibility index (Phi) is 4.92. The molecule has 1 amide bonds. The van der Waals surface area contributed by atoms with Crippen molar-refractivity contribution in [3.8, 4) is 0 Å². The van der Waals surface area contributed by atoms with Crippen molar-refractivity contribution in [2.75, 3.05) is 20.2 Å². The molecule has 0 aliphatic carbocycles. The minimum atomic E-state index is -0.589. The van der Waals surface area contributed by atoms with E-state index in [0.29, 0.717) is 24.2 Å². The Hall–Kier alpha value is -1.44. The van der Waals surface area contributed by atoms with Crippen molar-refractivity contribution < 1.29 is 18.8 Å². The maximum absolute atomic E-state index is 13.0. The second-order valence-corrected chi connectivity index (χ2v) is 7.76. The number of amides is 1. The number of piperidine rings is 1. The van der Waals surface area contributed by atoms with Gasteiger partial charge in [0.2, 0.25) is 0 Å². The maximum Gasteiger partial charge on any atom is 0.497 e. The van der Waals surface area contributed by atoms with Gasteiger partial charge in [0.15, 0.2) is 0 Å². The van der Waals surface area contributed by atoms with Gasteiger partial charge in [0.25, 0.3) is 5.91 Å². The molecule has 2 saturated heterocycles. The Bertz CT molecular complexity index is 626. The summed E-state index contributed by atoms with van der Waals surface area (Å²) in [6, 6.07) is 3.68. The van der Waals surface area contributed by atoms with Gasteiger partial charge in [0.05, 0.1) is 17.3 Å². The van der Waals surface area contributed by atoms with E-state index in [1.54, 1.807) is 13.3 Å². The van der Waals surface area contributed by atoms with Crippen LogP contribution in [0.25, 0.3) is 0 Å². The zero-order valence-electron chi connectivity index (χ0n) is 15.7. The maximum atomic E-state index is 13.0. The lowest BCUT2D eigenvalue weighted by Crippen LogP contribution is -2.45. The molecule has 0 saturated carbocycles. The first-order valence-electron chi connectivity index (χ1n) is 8.88. The van der Waals surface area contributed by atoms with Gasteiger partial charge in [-0.3, -0.25) is 9.78 Å². The summed E-state index contributed by atoms with van der Waals surface area (Å²) in [6.45, 7) is 9.36. The molecule has 25 heavy (non-hydrogen) atoms. The molecule has 136 valence electrons. The number of aromatic nitrogens is 1. The standard InChI is InChI=1S/C18H27BN2O4/c1-17(2)18(3,4)25-19(24-17)14-7-6-10-20-15(14)16(22)21-11-8-13(23-5)9-12-21/h6-7,10,13H,8-9,11-12H2,1-5H3. The lowest BCUT2D eigenvalue weighted by atomic mass is 9.77. The van der Waals surface area contributed by atoms with Crippen LogP contribution in [0.2, 0.25) is 0 Å². The molecule has 2 aliphatic rings. The van der Waals surface area contributed by atoms with Gasteiger partial charge in [0.1, 0.15) is 5.69 Å². The van der Waals surface area contributed by atoms with Gasteiger partial charge in [0, 0.05) is 31.9 Å². The van der Waals surface area contributed by atoms with Gasteiger partial charge in [-0.25, -0.2) is 0 Å². The van der Waals surface area contributed by atoms with E-state index in [1.165, 1.54) is 0 Å². The van der Waals surface area contributed by atoms with Gasteiger partial charge in [-0.15, -0.1) is 0 Å². The SMILES string of the molecule is COC1CCN(C(=O)c2ncccc2B2OC(C)(C)C(C)(C)O2)CC1. The van der Waals surface area contributed by atoms with Gasteiger partial charge in [-0.1, -0.05) is 6.07 Å². The first kappa shape index (κ1) is 18.4. The molecule has 7 heteroatoms. The minimum Gasteiger partial charge on any atom is -0.399 e. The van der Waals surface area contributed by atoms with E-state index < -0.39 is 18.3 Å². The fourth-order valence-corrected chi connectivity index (χ4v) is 3.20.